The minimum atomic E-state index is -0.934. The normalized spacial score (nSPS) is 16.0. The standard InChI is InChI=1S/C19H14FN3O6/c20-13-9-12(23(25)26)5-6-16(13)29-11-19(24)22-15(18-4-2-8-28-18)10-14(21-22)17-3-1-7-27-17/h1-9,15H,10-11H2. The van der Waals surface area contributed by atoms with E-state index in [1.165, 1.54) is 17.5 Å². The second-order valence-electron chi connectivity index (χ2n) is 6.16. The van der Waals surface area contributed by atoms with E-state index in [1.807, 2.05) is 0 Å². The van der Waals surface area contributed by atoms with Crippen LogP contribution in [0.5, 0.6) is 5.75 Å². The maximum atomic E-state index is 14.0. The second-order valence-corrected chi connectivity index (χ2v) is 6.16. The van der Waals surface area contributed by atoms with Gasteiger partial charge in [0, 0.05) is 12.5 Å². The summed E-state index contributed by atoms with van der Waals surface area (Å²) in [6.45, 7) is -0.513. The summed E-state index contributed by atoms with van der Waals surface area (Å²) in [6, 6.07) is 9.30. The molecular formula is C19H14FN3O6. The largest absolute Gasteiger partial charge is 0.481 e. The molecule has 29 heavy (non-hydrogen) atoms. The average Bonchev–Trinajstić information content (AvgIpc) is 3.47. The fourth-order valence-electron chi connectivity index (χ4n) is 2.96. The van der Waals surface area contributed by atoms with E-state index in [0.29, 0.717) is 23.7 Å². The van der Waals surface area contributed by atoms with Gasteiger partial charge in [-0.3, -0.25) is 14.9 Å². The van der Waals surface area contributed by atoms with Crippen LogP contribution in [-0.4, -0.2) is 28.2 Å². The molecule has 1 aliphatic heterocycles. The molecule has 0 N–H and O–H groups in total. The van der Waals surface area contributed by atoms with E-state index in [0.717, 1.165) is 18.2 Å². The van der Waals surface area contributed by atoms with Gasteiger partial charge >= 0.3 is 0 Å². The Labute approximate surface area is 163 Å². The van der Waals surface area contributed by atoms with E-state index < -0.39 is 35.0 Å². The lowest BCUT2D eigenvalue weighted by Crippen LogP contribution is -2.31. The van der Waals surface area contributed by atoms with E-state index >= 15 is 0 Å². The summed E-state index contributed by atoms with van der Waals surface area (Å²) in [4.78, 5) is 22.7. The molecule has 3 aromatic rings. The second kappa shape index (κ2) is 7.58. The van der Waals surface area contributed by atoms with Crippen molar-refractivity contribution in [3.63, 3.8) is 0 Å². The van der Waals surface area contributed by atoms with Crippen LogP contribution in [0.15, 0.2) is 68.9 Å². The fraction of sp³-hybridized carbons (Fsp3) is 0.158. The highest BCUT2D eigenvalue weighted by molar-refractivity contribution is 6.01. The molecule has 148 valence electrons. The quantitative estimate of drug-likeness (QED) is 0.462. The van der Waals surface area contributed by atoms with Crippen molar-refractivity contribution in [2.24, 2.45) is 5.10 Å². The molecule has 4 rings (SSSR count). The highest BCUT2D eigenvalue weighted by Gasteiger charge is 2.36. The van der Waals surface area contributed by atoms with E-state index in [2.05, 4.69) is 5.10 Å². The highest BCUT2D eigenvalue weighted by atomic mass is 19.1. The van der Waals surface area contributed by atoms with Gasteiger partial charge in [0.1, 0.15) is 23.3 Å². The van der Waals surface area contributed by atoms with Gasteiger partial charge in [0.15, 0.2) is 18.2 Å². The molecule has 0 bridgehead atoms. The molecule has 0 saturated carbocycles. The van der Waals surface area contributed by atoms with Crippen LogP contribution < -0.4 is 4.74 Å². The van der Waals surface area contributed by atoms with Gasteiger partial charge in [0.2, 0.25) is 0 Å². The van der Waals surface area contributed by atoms with Gasteiger partial charge in [0.05, 0.1) is 23.5 Å². The van der Waals surface area contributed by atoms with E-state index in [1.54, 1.807) is 24.3 Å². The molecule has 10 heteroatoms. The third-order valence-electron chi connectivity index (χ3n) is 4.32. The monoisotopic (exact) mass is 399 g/mol. The molecule has 9 nitrogen and oxygen atoms in total. The number of rotatable bonds is 6. The van der Waals surface area contributed by atoms with Crippen molar-refractivity contribution in [2.45, 2.75) is 12.5 Å². The van der Waals surface area contributed by atoms with Gasteiger partial charge in [0.25, 0.3) is 11.6 Å². The molecule has 1 aliphatic rings. The smallest absolute Gasteiger partial charge is 0.281 e. The number of furan rings is 2. The lowest BCUT2D eigenvalue weighted by molar-refractivity contribution is -0.385. The number of amides is 1. The number of carbonyl (C=O) groups is 1. The number of hydrogen-bond acceptors (Lipinski definition) is 7. The van der Waals surface area contributed by atoms with Crippen molar-refractivity contribution in [3.8, 4) is 5.75 Å². The van der Waals surface area contributed by atoms with Crippen molar-refractivity contribution in [1.29, 1.82) is 0 Å². The number of nitro benzene ring substituents is 1. The summed E-state index contributed by atoms with van der Waals surface area (Å²) in [5.74, 6) is -0.682. The Kier molecular flexibility index (Phi) is 4.82. The summed E-state index contributed by atoms with van der Waals surface area (Å²) in [5, 5.41) is 16.2. The van der Waals surface area contributed by atoms with Crippen molar-refractivity contribution < 1.29 is 27.7 Å². The fourth-order valence-corrected chi connectivity index (χ4v) is 2.96. The van der Waals surface area contributed by atoms with E-state index in [9.17, 15) is 19.3 Å². The van der Waals surface area contributed by atoms with Crippen molar-refractivity contribution >= 4 is 17.3 Å². The van der Waals surface area contributed by atoms with Crippen LogP contribution in [0.2, 0.25) is 0 Å². The first kappa shape index (κ1) is 18.4. The van der Waals surface area contributed by atoms with Crippen LogP contribution in [0.3, 0.4) is 0 Å². The van der Waals surface area contributed by atoms with Crippen LogP contribution in [0.1, 0.15) is 24.0 Å². The van der Waals surface area contributed by atoms with Crippen molar-refractivity contribution in [1.82, 2.24) is 5.01 Å². The zero-order chi connectivity index (χ0) is 20.4. The van der Waals surface area contributed by atoms with Gasteiger partial charge in [-0.2, -0.15) is 5.10 Å². The third-order valence-corrected chi connectivity index (χ3v) is 4.32. The molecular weight excluding hydrogens is 385 g/mol. The number of benzene rings is 1. The van der Waals surface area contributed by atoms with E-state index in [4.69, 9.17) is 13.6 Å². The van der Waals surface area contributed by atoms with Crippen molar-refractivity contribution in [3.05, 3.63) is 82.4 Å². The topological polar surface area (TPSA) is 111 Å². The van der Waals surface area contributed by atoms with Crippen LogP contribution in [-0.2, 0) is 4.79 Å². The summed E-state index contributed by atoms with van der Waals surface area (Å²) in [5.41, 5.74) is 0.151. The molecule has 0 radical (unpaired) electrons. The molecule has 0 saturated heterocycles. The Morgan fingerprint density at radius 2 is 2.07 bits per heavy atom. The summed E-state index contributed by atoms with van der Waals surface area (Å²) < 4.78 is 30.0. The highest BCUT2D eigenvalue weighted by Crippen LogP contribution is 2.33. The lowest BCUT2D eigenvalue weighted by atomic mass is 10.1. The Balaban J connectivity index is 1.51. The Bertz CT molecular complexity index is 1060. The number of carbonyl (C=O) groups excluding carboxylic acids is 1. The number of nitro groups is 1. The van der Waals surface area contributed by atoms with Crippen LogP contribution in [0, 0.1) is 15.9 Å². The van der Waals surface area contributed by atoms with Crippen LogP contribution in [0.4, 0.5) is 10.1 Å². The molecule has 0 spiro atoms. The summed E-state index contributed by atoms with van der Waals surface area (Å²) >= 11 is 0. The minimum absolute atomic E-state index is 0.270. The van der Waals surface area contributed by atoms with Crippen LogP contribution >= 0.6 is 0 Å². The van der Waals surface area contributed by atoms with Crippen molar-refractivity contribution in [2.75, 3.05) is 6.61 Å². The molecule has 2 aromatic heterocycles. The van der Waals surface area contributed by atoms with Gasteiger partial charge in [-0.05, 0) is 30.3 Å². The van der Waals surface area contributed by atoms with Gasteiger partial charge < -0.3 is 13.6 Å². The molecule has 0 fully saturated rings. The summed E-state index contributed by atoms with van der Waals surface area (Å²) in [7, 11) is 0. The number of non-ortho nitro benzene ring substituents is 1. The number of nitrogens with zero attached hydrogens (tertiary/aromatic N) is 3. The SMILES string of the molecule is O=C(COc1ccc([N+](=O)[O-])cc1F)N1N=C(c2ccco2)CC1c1ccco1. The number of ether oxygens (including phenoxy) is 1. The Morgan fingerprint density at radius 1 is 1.28 bits per heavy atom. The zero-order valence-corrected chi connectivity index (χ0v) is 14.9. The molecule has 1 unspecified atom stereocenters. The molecule has 1 atom stereocenters. The average molecular weight is 399 g/mol. The molecule has 1 amide bonds. The number of hydrogen-bond donors (Lipinski definition) is 0. The summed E-state index contributed by atoms with van der Waals surface area (Å²) in [6.07, 6.45) is 3.37. The predicted molar refractivity (Wildman–Crippen MR) is 96.7 cm³/mol. The number of hydrazone groups is 1. The maximum absolute atomic E-state index is 14.0. The zero-order valence-electron chi connectivity index (χ0n) is 14.9. The Morgan fingerprint density at radius 3 is 2.72 bits per heavy atom. The van der Waals surface area contributed by atoms with Crippen LogP contribution in [0.25, 0.3) is 0 Å². The molecule has 0 aliphatic carbocycles. The maximum Gasteiger partial charge on any atom is 0.281 e. The molecule has 3 heterocycles. The minimum Gasteiger partial charge on any atom is -0.481 e. The van der Waals surface area contributed by atoms with Gasteiger partial charge in [-0.15, -0.1) is 0 Å². The first-order valence-electron chi connectivity index (χ1n) is 8.56. The van der Waals surface area contributed by atoms with Gasteiger partial charge in [-0.25, -0.2) is 9.40 Å². The first-order valence-corrected chi connectivity index (χ1v) is 8.56. The number of halogens is 1. The lowest BCUT2D eigenvalue weighted by Gasteiger charge is -2.20. The third kappa shape index (κ3) is 3.72. The first-order chi connectivity index (χ1) is 14.0. The molecule has 1 aromatic carbocycles. The Hall–Kier alpha value is -3.95. The van der Waals surface area contributed by atoms with E-state index in [-0.39, 0.29) is 5.75 Å². The predicted octanol–water partition coefficient (Wildman–Crippen LogP) is 3.68. The van der Waals surface area contributed by atoms with Gasteiger partial charge in [-0.1, -0.05) is 0 Å².